The van der Waals surface area contributed by atoms with Gasteiger partial charge in [-0.25, -0.2) is 9.78 Å². The molecule has 3 aromatic rings. The van der Waals surface area contributed by atoms with Crippen molar-refractivity contribution in [3.05, 3.63) is 57.2 Å². The molecular weight excluding hydrogens is 362 g/mol. The van der Waals surface area contributed by atoms with Crippen LogP contribution in [0.2, 0.25) is 0 Å². The number of hydrogen-bond donors (Lipinski definition) is 1. The highest BCUT2D eigenvalue weighted by Gasteiger charge is 2.19. The lowest BCUT2D eigenvalue weighted by molar-refractivity contribution is 0.0508. The molecule has 6 nitrogen and oxygen atoms in total. The molecule has 138 valence electrons. The number of aliphatic hydroxyl groups excluding tert-OH is 1. The van der Waals surface area contributed by atoms with Gasteiger partial charge < -0.3 is 14.4 Å². The fraction of sp³-hybridized carbons (Fsp3) is 0.250. The molecule has 2 aromatic heterocycles. The van der Waals surface area contributed by atoms with Crippen LogP contribution in [0.3, 0.4) is 0 Å². The summed E-state index contributed by atoms with van der Waals surface area (Å²) in [4.78, 5) is 18.2. The van der Waals surface area contributed by atoms with Crippen molar-refractivity contribution in [2.75, 3.05) is 6.61 Å². The summed E-state index contributed by atoms with van der Waals surface area (Å²) in [6, 6.07) is 11.2. The number of imidazole rings is 1. The number of rotatable bonds is 5. The summed E-state index contributed by atoms with van der Waals surface area (Å²) in [6.07, 6.45) is 0.839. The Morgan fingerprint density at radius 2 is 2.15 bits per heavy atom. The van der Waals surface area contributed by atoms with Gasteiger partial charge in [-0.15, -0.1) is 11.3 Å². The van der Waals surface area contributed by atoms with Gasteiger partial charge in [-0.05, 0) is 37.1 Å². The van der Waals surface area contributed by atoms with Crippen molar-refractivity contribution in [3.63, 3.8) is 0 Å². The van der Waals surface area contributed by atoms with E-state index in [9.17, 15) is 15.2 Å². The molecule has 0 amide bonds. The molecule has 2 heterocycles. The summed E-state index contributed by atoms with van der Waals surface area (Å²) >= 11 is 1.36. The number of ether oxygens (including phenoxy) is 1. The van der Waals surface area contributed by atoms with Crippen molar-refractivity contribution in [1.82, 2.24) is 9.55 Å². The summed E-state index contributed by atoms with van der Waals surface area (Å²) in [6.45, 7) is 3.59. The number of thiophene rings is 1. The number of aliphatic hydroxyl groups is 1. The van der Waals surface area contributed by atoms with E-state index in [0.717, 1.165) is 22.4 Å². The molecule has 0 bridgehead atoms. The van der Waals surface area contributed by atoms with Crippen LogP contribution in [0.4, 0.5) is 0 Å². The van der Waals surface area contributed by atoms with Gasteiger partial charge in [0.2, 0.25) is 0 Å². The van der Waals surface area contributed by atoms with Crippen LogP contribution < -0.4 is 0 Å². The van der Waals surface area contributed by atoms with Crippen molar-refractivity contribution in [3.8, 4) is 6.07 Å². The van der Waals surface area contributed by atoms with E-state index < -0.39 is 5.97 Å². The SMILES string of the molecule is CCc1cc(C(=O)OC/C(O)=C(\C#N)c2nc3ccccc3n2C)sc1C. The number of para-hydroxylation sites is 2. The van der Waals surface area contributed by atoms with E-state index >= 15 is 0 Å². The number of nitriles is 1. The Morgan fingerprint density at radius 1 is 1.41 bits per heavy atom. The molecule has 0 aliphatic rings. The highest BCUT2D eigenvalue weighted by molar-refractivity contribution is 7.14. The summed E-state index contributed by atoms with van der Waals surface area (Å²) < 4.78 is 6.92. The van der Waals surface area contributed by atoms with E-state index in [1.807, 2.05) is 44.2 Å². The zero-order valence-corrected chi connectivity index (χ0v) is 16.1. The summed E-state index contributed by atoms with van der Waals surface area (Å²) in [5, 5.41) is 19.8. The lowest BCUT2D eigenvalue weighted by Gasteiger charge is -2.06. The number of hydrogen-bond acceptors (Lipinski definition) is 6. The van der Waals surface area contributed by atoms with Gasteiger partial charge in [-0.2, -0.15) is 5.26 Å². The van der Waals surface area contributed by atoms with Crippen LogP contribution in [0.25, 0.3) is 16.6 Å². The minimum absolute atomic E-state index is 0.0156. The predicted molar refractivity (Wildman–Crippen MR) is 105 cm³/mol. The number of aromatic nitrogens is 2. The minimum Gasteiger partial charge on any atom is -0.507 e. The topological polar surface area (TPSA) is 88.1 Å². The third-order valence-electron chi connectivity index (χ3n) is 4.35. The van der Waals surface area contributed by atoms with Crippen molar-refractivity contribution in [2.45, 2.75) is 20.3 Å². The third kappa shape index (κ3) is 3.57. The molecule has 0 radical (unpaired) electrons. The second-order valence-electron chi connectivity index (χ2n) is 6.04. The number of carbonyl (C=O) groups is 1. The Morgan fingerprint density at radius 3 is 2.78 bits per heavy atom. The third-order valence-corrected chi connectivity index (χ3v) is 5.43. The molecule has 0 spiro atoms. The second-order valence-corrected chi connectivity index (χ2v) is 7.29. The number of benzene rings is 1. The van der Waals surface area contributed by atoms with Crippen molar-refractivity contribution in [2.24, 2.45) is 7.05 Å². The summed E-state index contributed by atoms with van der Waals surface area (Å²) in [7, 11) is 1.77. The van der Waals surface area contributed by atoms with Crippen molar-refractivity contribution >= 4 is 33.9 Å². The zero-order chi connectivity index (χ0) is 19.6. The lowest BCUT2D eigenvalue weighted by atomic mass is 10.2. The molecule has 1 aromatic carbocycles. The van der Waals surface area contributed by atoms with Gasteiger partial charge in [-0.3, -0.25) is 0 Å². The van der Waals surface area contributed by atoms with E-state index in [-0.39, 0.29) is 17.9 Å². The van der Waals surface area contributed by atoms with E-state index in [2.05, 4.69) is 4.98 Å². The number of nitrogens with zero attached hydrogens (tertiary/aromatic N) is 3. The molecule has 0 unspecified atom stereocenters. The average molecular weight is 381 g/mol. The maximum atomic E-state index is 12.2. The predicted octanol–water partition coefficient (Wildman–Crippen LogP) is 4.16. The molecule has 3 rings (SSSR count). The zero-order valence-electron chi connectivity index (χ0n) is 15.3. The molecule has 0 fully saturated rings. The number of aryl methyl sites for hydroxylation is 3. The van der Waals surface area contributed by atoms with Gasteiger partial charge in [0.05, 0.1) is 11.0 Å². The van der Waals surface area contributed by atoms with Gasteiger partial charge in [0, 0.05) is 11.9 Å². The highest BCUT2D eigenvalue weighted by Crippen LogP contribution is 2.24. The summed E-state index contributed by atoms with van der Waals surface area (Å²) in [5.41, 5.74) is 2.64. The molecule has 0 saturated heterocycles. The monoisotopic (exact) mass is 381 g/mol. The Hall–Kier alpha value is -3.11. The first-order chi connectivity index (χ1) is 13.0. The Kier molecular flexibility index (Phi) is 5.28. The van der Waals surface area contributed by atoms with E-state index in [1.54, 1.807) is 17.7 Å². The number of carbonyl (C=O) groups excluding carboxylic acids is 1. The fourth-order valence-corrected chi connectivity index (χ4v) is 3.87. The normalized spacial score (nSPS) is 11.9. The Labute approximate surface area is 161 Å². The van der Waals surface area contributed by atoms with Crippen LogP contribution in [0.1, 0.15) is 32.9 Å². The van der Waals surface area contributed by atoms with Gasteiger partial charge in [-0.1, -0.05) is 19.1 Å². The largest absolute Gasteiger partial charge is 0.507 e. The van der Waals surface area contributed by atoms with Crippen molar-refractivity contribution < 1.29 is 14.6 Å². The Balaban J connectivity index is 1.83. The fourth-order valence-electron chi connectivity index (χ4n) is 2.86. The van der Waals surface area contributed by atoms with E-state index in [1.165, 1.54) is 11.3 Å². The van der Waals surface area contributed by atoms with Crippen LogP contribution in [0, 0.1) is 18.3 Å². The van der Waals surface area contributed by atoms with E-state index in [4.69, 9.17) is 4.74 Å². The molecule has 0 saturated carbocycles. The van der Waals surface area contributed by atoms with Crippen LogP contribution in [0.15, 0.2) is 36.1 Å². The molecule has 0 atom stereocenters. The van der Waals surface area contributed by atoms with Gasteiger partial charge >= 0.3 is 5.97 Å². The Bertz CT molecular complexity index is 1090. The minimum atomic E-state index is -0.517. The molecule has 7 heteroatoms. The van der Waals surface area contributed by atoms with Crippen LogP contribution >= 0.6 is 11.3 Å². The summed E-state index contributed by atoms with van der Waals surface area (Å²) in [5.74, 6) is -0.516. The molecular formula is C20H19N3O3S. The van der Waals surface area contributed by atoms with Crippen LogP contribution in [-0.2, 0) is 18.2 Å². The number of esters is 1. The van der Waals surface area contributed by atoms with Crippen molar-refractivity contribution in [1.29, 1.82) is 5.26 Å². The quantitative estimate of drug-likeness (QED) is 0.407. The first-order valence-electron chi connectivity index (χ1n) is 8.46. The first kappa shape index (κ1) is 18.7. The van der Waals surface area contributed by atoms with Crippen LogP contribution in [0.5, 0.6) is 0 Å². The van der Waals surface area contributed by atoms with E-state index in [0.29, 0.717) is 16.2 Å². The molecule has 0 aliphatic carbocycles. The van der Waals surface area contributed by atoms with Gasteiger partial charge in [0.15, 0.2) is 11.6 Å². The lowest BCUT2D eigenvalue weighted by Crippen LogP contribution is -2.09. The highest BCUT2D eigenvalue weighted by atomic mass is 32.1. The maximum absolute atomic E-state index is 12.2. The number of allylic oxidation sites excluding steroid dienone is 1. The molecule has 27 heavy (non-hydrogen) atoms. The standard InChI is InChI=1S/C20H19N3O3S/c1-4-13-9-18(27-12(13)2)20(25)26-11-17(24)14(10-21)19-22-15-7-5-6-8-16(15)23(19)3/h5-9,24H,4,11H2,1-3H3/b17-14-. The molecule has 1 N–H and O–H groups in total. The van der Waals surface area contributed by atoms with Gasteiger partial charge in [0.1, 0.15) is 23.1 Å². The maximum Gasteiger partial charge on any atom is 0.348 e. The first-order valence-corrected chi connectivity index (χ1v) is 9.28. The molecule has 0 aliphatic heterocycles. The average Bonchev–Trinajstić information content (AvgIpc) is 3.21. The van der Waals surface area contributed by atoms with Gasteiger partial charge in [0.25, 0.3) is 0 Å². The second kappa shape index (κ2) is 7.64. The number of fused-ring (bicyclic) bond motifs is 1. The smallest absolute Gasteiger partial charge is 0.348 e. The van der Waals surface area contributed by atoms with Crippen LogP contribution in [-0.4, -0.2) is 27.2 Å².